The predicted molar refractivity (Wildman–Crippen MR) is 55.1 cm³/mol. The number of rotatable bonds is 4. The molecule has 1 fully saturated rings. The summed E-state index contributed by atoms with van der Waals surface area (Å²) in [6, 6.07) is 0. The highest BCUT2D eigenvalue weighted by molar-refractivity contribution is 8.01. The Bertz CT molecular complexity index is 232. The summed E-state index contributed by atoms with van der Waals surface area (Å²) in [5, 5.41) is -0.0515. The van der Waals surface area contributed by atoms with Crippen LogP contribution in [0.2, 0.25) is 0 Å². The number of carbonyl (C=O) groups excluding carboxylic acids is 2. The van der Waals surface area contributed by atoms with Gasteiger partial charge in [0.05, 0.1) is 17.6 Å². The topological polar surface area (TPSA) is 46.6 Å². The van der Waals surface area contributed by atoms with Crippen LogP contribution in [0, 0.1) is 0 Å². The fraction of sp³-hybridized carbons (Fsp3) is 0.778. The third kappa shape index (κ3) is 2.90. The Morgan fingerprint density at radius 1 is 1.71 bits per heavy atom. The lowest BCUT2D eigenvalue weighted by Crippen LogP contribution is -2.24. The smallest absolute Gasteiger partial charge is 0.315 e. The number of hydrogen-bond donors (Lipinski definition) is 0. The average Bonchev–Trinajstić information content (AvgIpc) is 2.46. The molecule has 80 valence electrons. The van der Waals surface area contributed by atoms with E-state index in [1.807, 2.05) is 0 Å². The summed E-state index contributed by atoms with van der Waals surface area (Å²) in [6.45, 7) is 2.97. The second kappa shape index (κ2) is 5.24. The minimum absolute atomic E-state index is 0.0515. The maximum atomic E-state index is 11.4. The molecule has 1 rings (SSSR count). The van der Waals surface area contributed by atoms with Crippen molar-refractivity contribution in [1.82, 2.24) is 4.90 Å². The number of likely N-dealkylation sites (tertiary alicyclic amines) is 1. The minimum atomic E-state index is -0.236. The molecule has 0 aromatic carbocycles. The van der Waals surface area contributed by atoms with Crippen LogP contribution in [0.1, 0.15) is 13.3 Å². The SMILES string of the molecule is CCOC(=O)CSC1CCN(C)C1=O. The zero-order valence-electron chi connectivity index (χ0n) is 8.49. The van der Waals surface area contributed by atoms with Crippen molar-refractivity contribution >= 4 is 23.6 Å². The molecule has 1 unspecified atom stereocenters. The van der Waals surface area contributed by atoms with Crippen molar-refractivity contribution in [3.63, 3.8) is 0 Å². The van der Waals surface area contributed by atoms with Crippen LogP contribution >= 0.6 is 11.8 Å². The van der Waals surface area contributed by atoms with Gasteiger partial charge in [0, 0.05) is 13.6 Å². The molecule has 0 N–H and O–H groups in total. The fourth-order valence-electron chi connectivity index (χ4n) is 1.32. The van der Waals surface area contributed by atoms with Gasteiger partial charge >= 0.3 is 5.97 Å². The Kier molecular flexibility index (Phi) is 4.25. The molecule has 0 saturated carbocycles. The third-order valence-electron chi connectivity index (χ3n) is 2.09. The number of thioether (sulfide) groups is 1. The van der Waals surface area contributed by atoms with E-state index in [9.17, 15) is 9.59 Å². The molecule has 0 bridgehead atoms. The number of ether oxygens (including phenoxy) is 1. The van der Waals surface area contributed by atoms with Gasteiger partial charge in [-0.2, -0.15) is 0 Å². The second-order valence-corrected chi connectivity index (χ2v) is 4.34. The molecule has 0 radical (unpaired) electrons. The Morgan fingerprint density at radius 2 is 2.43 bits per heavy atom. The maximum Gasteiger partial charge on any atom is 0.315 e. The van der Waals surface area contributed by atoms with E-state index in [1.165, 1.54) is 11.8 Å². The largest absolute Gasteiger partial charge is 0.465 e. The summed E-state index contributed by atoms with van der Waals surface area (Å²) >= 11 is 1.38. The summed E-state index contributed by atoms with van der Waals surface area (Å²) in [5.41, 5.74) is 0. The van der Waals surface area contributed by atoms with Crippen LogP contribution < -0.4 is 0 Å². The van der Waals surface area contributed by atoms with Gasteiger partial charge in [-0.25, -0.2) is 0 Å². The molecule has 1 amide bonds. The summed E-state index contributed by atoms with van der Waals surface area (Å²) < 4.78 is 4.78. The van der Waals surface area contributed by atoms with Gasteiger partial charge in [-0.15, -0.1) is 11.8 Å². The van der Waals surface area contributed by atoms with Gasteiger partial charge in [-0.3, -0.25) is 9.59 Å². The number of carbonyl (C=O) groups is 2. The van der Waals surface area contributed by atoms with Crippen LogP contribution in [0.3, 0.4) is 0 Å². The lowest BCUT2D eigenvalue weighted by atomic mass is 10.4. The van der Waals surface area contributed by atoms with Gasteiger partial charge in [0.25, 0.3) is 0 Å². The Labute approximate surface area is 88.0 Å². The van der Waals surface area contributed by atoms with Crippen molar-refractivity contribution < 1.29 is 14.3 Å². The van der Waals surface area contributed by atoms with E-state index in [-0.39, 0.29) is 22.9 Å². The van der Waals surface area contributed by atoms with Crippen molar-refractivity contribution in [2.45, 2.75) is 18.6 Å². The summed E-state index contributed by atoms with van der Waals surface area (Å²) in [6.07, 6.45) is 0.833. The summed E-state index contributed by atoms with van der Waals surface area (Å²) in [7, 11) is 1.78. The molecule has 14 heavy (non-hydrogen) atoms. The highest BCUT2D eigenvalue weighted by atomic mass is 32.2. The van der Waals surface area contributed by atoms with Gasteiger partial charge in [0.2, 0.25) is 5.91 Å². The van der Waals surface area contributed by atoms with E-state index in [0.717, 1.165) is 13.0 Å². The molecule has 0 spiro atoms. The highest BCUT2D eigenvalue weighted by Crippen LogP contribution is 2.22. The van der Waals surface area contributed by atoms with Crippen LogP contribution in [-0.2, 0) is 14.3 Å². The second-order valence-electron chi connectivity index (χ2n) is 3.15. The zero-order chi connectivity index (χ0) is 10.6. The van der Waals surface area contributed by atoms with Crippen LogP contribution in [-0.4, -0.2) is 48.0 Å². The van der Waals surface area contributed by atoms with Crippen molar-refractivity contribution in [2.75, 3.05) is 26.0 Å². The predicted octanol–water partition coefficient (Wildman–Crippen LogP) is 0.513. The molecule has 1 aliphatic rings. The summed E-state index contributed by atoms with van der Waals surface area (Å²) in [4.78, 5) is 24.1. The normalized spacial score (nSPS) is 21.4. The molecular weight excluding hydrogens is 202 g/mol. The Balaban J connectivity index is 2.25. The van der Waals surface area contributed by atoms with E-state index in [1.54, 1.807) is 18.9 Å². The molecule has 1 saturated heterocycles. The first-order valence-electron chi connectivity index (χ1n) is 4.67. The zero-order valence-corrected chi connectivity index (χ0v) is 9.30. The lowest BCUT2D eigenvalue weighted by molar-refractivity contribution is -0.139. The number of amides is 1. The molecule has 4 nitrogen and oxygen atoms in total. The molecule has 1 aliphatic heterocycles. The monoisotopic (exact) mass is 217 g/mol. The van der Waals surface area contributed by atoms with Gasteiger partial charge in [0.15, 0.2) is 0 Å². The van der Waals surface area contributed by atoms with E-state index in [2.05, 4.69) is 0 Å². The molecule has 5 heteroatoms. The van der Waals surface area contributed by atoms with E-state index < -0.39 is 0 Å². The number of hydrogen-bond acceptors (Lipinski definition) is 4. The van der Waals surface area contributed by atoms with Crippen LogP contribution in [0.25, 0.3) is 0 Å². The minimum Gasteiger partial charge on any atom is -0.465 e. The first-order valence-corrected chi connectivity index (χ1v) is 5.72. The molecule has 1 heterocycles. The standard InChI is InChI=1S/C9H15NO3S/c1-3-13-8(11)6-14-7-4-5-10(2)9(7)12/h7H,3-6H2,1-2H3. The van der Waals surface area contributed by atoms with Crippen LogP contribution in [0.5, 0.6) is 0 Å². The molecule has 1 atom stereocenters. The molecule has 0 aromatic heterocycles. The van der Waals surface area contributed by atoms with E-state index in [0.29, 0.717) is 6.61 Å². The van der Waals surface area contributed by atoms with Crippen molar-refractivity contribution in [1.29, 1.82) is 0 Å². The Morgan fingerprint density at radius 3 is 2.93 bits per heavy atom. The Hall–Kier alpha value is -0.710. The van der Waals surface area contributed by atoms with E-state index in [4.69, 9.17) is 4.74 Å². The highest BCUT2D eigenvalue weighted by Gasteiger charge is 2.29. The number of esters is 1. The van der Waals surface area contributed by atoms with E-state index >= 15 is 0 Å². The first kappa shape index (κ1) is 11.4. The summed E-state index contributed by atoms with van der Waals surface area (Å²) in [5.74, 6) is 0.164. The lowest BCUT2D eigenvalue weighted by Gasteiger charge is -2.09. The van der Waals surface area contributed by atoms with Crippen LogP contribution in [0.4, 0.5) is 0 Å². The quantitative estimate of drug-likeness (QED) is 0.644. The van der Waals surface area contributed by atoms with Crippen molar-refractivity contribution in [3.05, 3.63) is 0 Å². The number of nitrogens with zero attached hydrogens (tertiary/aromatic N) is 1. The van der Waals surface area contributed by atoms with Gasteiger partial charge < -0.3 is 9.64 Å². The average molecular weight is 217 g/mol. The van der Waals surface area contributed by atoms with Crippen LogP contribution in [0.15, 0.2) is 0 Å². The molecule has 0 aromatic rings. The maximum absolute atomic E-state index is 11.4. The van der Waals surface area contributed by atoms with Gasteiger partial charge in [-0.1, -0.05) is 0 Å². The first-order chi connectivity index (χ1) is 6.65. The van der Waals surface area contributed by atoms with Gasteiger partial charge in [-0.05, 0) is 13.3 Å². The van der Waals surface area contributed by atoms with Crippen molar-refractivity contribution in [3.8, 4) is 0 Å². The fourth-order valence-corrected chi connectivity index (χ4v) is 2.33. The molecular formula is C9H15NO3S. The third-order valence-corrected chi connectivity index (χ3v) is 3.33. The van der Waals surface area contributed by atoms with Gasteiger partial charge in [0.1, 0.15) is 0 Å². The van der Waals surface area contributed by atoms with Crippen molar-refractivity contribution in [2.24, 2.45) is 0 Å². The molecule has 0 aliphatic carbocycles.